The summed E-state index contributed by atoms with van der Waals surface area (Å²) in [6, 6.07) is 3.65. The Kier molecular flexibility index (Phi) is 7.10. The smallest absolute Gasteiger partial charge is 0.258 e. The molecule has 3 amide bonds. The van der Waals surface area contributed by atoms with Crippen LogP contribution in [0.15, 0.2) is 23.7 Å². The first-order valence-electron chi connectivity index (χ1n) is 12.2. The number of likely N-dealkylation sites (tertiary alicyclic amines) is 1. The number of carbonyl (C=O) groups is 3. The molecule has 1 aliphatic heterocycles. The van der Waals surface area contributed by atoms with Crippen LogP contribution in [0.4, 0.5) is 4.39 Å². The Hall–Kier alpha value is -3.01. The van der Waals surface area contributed by atoms with Crippen LogP contribution in [0.25, 0.3) is 10.4 Å². The van der Waals surface area contributed by atoms with Gasteiger partial charge in [-0.2, -0.15) is 0 Å². The molecule has 1 aromatic heterocycles. The summed E-state index contributed by atoms with van der Waals surface area (Å²) in [4.78, 5) is 45.6. The molecule has 1 unspecified atom stereocenters. The largest absolute Gasteiger partial charge is 0.508 e. The molecule has 1 saturated heterocycles. The lowest BCUT2D eigenvalue weighted by molar-refractivity contribution is -0.144. The van der Waals surface area contributed by atoms with E-state index in [0.717, 1.165) is 16.1 Å². The summed E-state index contributed by atoms with van der Waals surface area (Å²) >= 11 is 1.49. The molecule has 2 aromatic rings. The number of nitrogens with one attached hydrogen (secondary N) is 2. The van der Waals surface area contributed by atoms with Crippen LogP contribution in [0.1, 0.15) is 57.7 Å². The van der Waals surface area contributed by atoms with Gasteiger partial charge in [0.05, 0.1) is 16.1 Å². The SMILES string of the molecule is Cc1ncsc1-c1ccc(CNC(=O)C2CCCN2C(=O)[C@@H](NC(=O)C2(F)CC2)C(C)(C)C)c(O)c1. The highest BCUT2D eigenvalue weighted by Crippen LogP contribution is 2.40. The number of amides is 3. The van der Waals surface area contributed by atoms with Crippen molar-refractivity contribution in [2.45, 2.75) is 77.7 Å². The number of benzene rings is 1. The van der Waals surface area contributed by atoms with Crippen molar-refractivity contribution in [1.82, 2.24) is 20.5 Å². The summed E-state index contributed by atoms with van der Waals surface area (Å²) in [5.41, 5.74) is 1.50. The second-order valence-electron chi connectivity index (χ2n) is 10.8. The zero-order valence-corrected chi connectivity index (χ0v) is 21.9. The normalized spacial score (nSPS) is 19.6. The summed E-state index contributed by atoms with van der Waals surface area (Å²) in [6.45, 7) is 7.81. The van der Waals surface area contributed by atoms with Crippen molar-refractivity contribution in [2.24, 2.45) is 5.41 Å². The maximum absolute atomic E-state index is 14.3. The number of rotatable bonds is 7. The molecule has 36 heavy (non-hydrogen) atoms. The number of halogens is 1. The highest BCUT2D eigenvalue weighted by atomic mass is 32.1. The van der Waals surface area contributed by atoms with Crippen molar-refractivity contribution in [3.8, 4) is 16.2 Å². The lowest BCUT2D eigenvalue weighted by Gasteiger charge is -2.35. The number of aromatic nitrogens is 1. The van der Waals surface area contributed by atoms with Crippen LogP contribution in [0.3, 0.4) is 0 Å². The number of aryl methyl sites for hydroxylation is 1. The molecule has 194 valence electrons. The van der Waals surface area contributed by atoms with Crippen molar-refractivity contribution < 1.29 is 23.9 Å². The molecule has 1 saturated carbocycles. The predicted octanol–water partition coefficient (Wildman–Crippen LogP) is 3.46. The molecule has 1 aromatic carbocycles. The van der Waals surface area contributed by atoms with Gasteiger partial charge in [-0.1, -0.05) is 32.9 Å². The Labute approximate surface area is 214 Å². The van der Waals surface area contributed by atoms with Crippen molar-refractivity contribution in [1.29, 1.82) is 0 Å². The van der Waals surface area contributed by atoms with Gasteiger partial charge in [0.15, 0.2) is 5.67 Å². The monoisotopic (exact) mass is 516 g/mol. The van der Waals surface area contributed by atoms with Crippen LogP contribution >= 0.6 is 11.3 Å². The number of phenolic OH excluding ortho intramolecular Hbond substituents is 1. The lowest BCUT2D eigenvalue weighted by atomic mass is 9.85. The van der Waals surface area contributed by atoms with Gasteiger partial charge in [-0.15, -0.1) is 11.3 Å². The van der Waals surface area contributed by atoms with Gasteiger partial charge < -0.3 is 20.6 Å². The molecule has 2 atom stereocenters. The first kappa shape index (κ1) is 26.1. The lowest BCUT2D eigenvalue weighted by Crippen LogP contribution is -2.58. The van der Waals surface area contributed by atoms with Gasteiger partial charge in [0, 0.05) is 18.7 Å². The maximum atomic E-state index is 14.3. The Morgan fingerprint density at radius 1 is 1.31 bits per heavy atom. The average Bonchev–Trinajstić information content (AvgIpc) is 3.20. The van der Waals surface area contributed by atoms with Crippen molar-refractivity contribution in [3.05, 3.63) is 35.0 Å². The van der Waals surface area contributed by atoms with E-state index in [0.29, 0.717) is 24.9 Å². The van der Waals surface area contributed by atoms with Crippen LogP contribution in [-0.2, 0) is 20.9 Å². The minimum Gasteiger partial charge on any atom is -0.508 e. The summed E-state index contributed by atoms with van der Waals surface area (Å²) in [7, 11) is 0. The second kappa shape index (κ2) is 9.80. The molecule has 2 fully saturated rings. The number of phenols is 1. The topological polar surface area (TPSA) is 112 Å². The van der Waals surface area contributed by atoms with Crippen LogP contribution < -0.4 is 10.6 Å². The van der Waals surface area contributed by atoms with Crippen molar-refractivity contribution in [2.75, 3.05) is 6.54 Å². The highest BCUT2D eigenvalue weighted by Gasteiger charge is 2.53. The molecule has 0 bridgehead atoms. The molecule has 10 heteroatoms. The Morgan fingerprint density at radius 2 is 2.03 bits per heavy atom. The second-order valence-corrected chi connectivity index (χ2v) is 11.6. The quantitative estimate of drug-likeness (QED) is 0.522. The van der Waals surface area contributed by atoms with E-state index in [-0.39, 0.29) is 37.0 Å². The molecule has 3 N–H and O–H groups in total. The fourth-order valence-corrected chi connectivity index (χ4v) is 5.25. The minimum atomic E-state index is -1.89. The van der Waals surface area contributed by atoms with E-state index in [9.17, 15) is 23.9 Å². The minimum absolute atomic E-state index is 0.0655. The van der Waals surface area contributed by atoms with E-state index in [1.165, 1.54) is 16.2 Å². The van der Waals surface area contributed by atoms with E-state index >= 15 is 0 Å². The Morgan fingerprint density at radius 3 is 2.61 bits per heavy atom. The Balaban J connectivity index is 1.42. The number of aromatic hydroxyl groups is 1. The van der Waals surface area contributed by atoms with Gasteiger partial charge in [-0.25, -0.2) is 9.37 Å². The average molecular weight is 517 g/mol. The van der Waals surface area contributed by atoms with Gasteiger partial charge in [-0.3, -0.25) is 14.4 Å². The zero-order valence-electron chi connectivity index (χ0n) is 21.1. The van der Waals surface area contributed by atoms with Crippen LogP contribution in [0.2, 0.25) is 0 Å². The summed E-state index contributed by atoms with van der Waals surface area (Å²) in [5.74, 6) is -1.41. The standard InChI is InChI=1S/C26H33FN4O4S/c1-15-20(36-14-29-15)16-7-8-17(19(32)12-16)13-28-22(33)18-6-5-11-31(18)23(34)21(25(2,3)4)30-24(35)26(27)9-10-26/h7-8,12,14,18,21,32H,5-6,9-11,13H2,1-4H3,(H,28,33)(H,30,35)/t18?,21-/m1/s1. The van der Waals surface area contributed by atoms with Crippen LogP contribution in [-0.4, -0.2) is 57.0 Å². The molecule has 0 spiro atoms. The van der Waals surface area contributed by atoms with Gasteiger partial charge in [0.1, 0.15) is 17.8 Å². The maximum Gasteiger partial charge on any atom is 0.258 e. The zero-order chi connectivity index (χ0) is 26.3. The van der Waals surface area contributed by atoms with E-state index in [1.807, 2.05) is 13.0 Å². The van der Waals surface area contributed by atoms with E-state index in [2.05, 4.69) is 15.6 Å². The van der Waals surface area contributed by atoms with E-state index < -0.39 is 29.1 Å². The Bertz CT molecular complexity index is 1170. The van der Waals surface area contributed by atoms with E-state index in [1.54, 1.807) is 38.4 Å². The number of carbonyl (C=O) groups excluding carboxylic acids is 3. The van der Waals surface area contributed by atoms with E-state index in [4.69, 9.17) is 0 Å². The molecular weight excluding hydrogens is 483 g/mol. The third kappa shape index (κ3) is 5.38. The molecule has 1 aliphatic carbocycles. The number of hydrogen-bond acceptors (Lipinski definition) is 6. The van der Waals surface area contributed by atoms with Gasteiger partial charge in [0.2, 0.25) is 11.8 Å². The van der Waals surface area contributed by atoms with Crippen molar-refractivity contribution in [3.63, 3.8) is 0 Å². The number of hydrogen-bond donors (Lipinski definition) is 3. The third-order valence-electron chi connectivity index (χ3n) is 6.87. The fourth-order valence-electron chi connectivity index (χ4n) is 4.45. The third-order valence-corrected chi connectivity index (χ3v) is 7.85. The molecule has 0 radical (unpaired) electrons. The first-order chi connectivity index (χ1) is 16.9. The van der Waals surface area contributed by atoms with Gasteiger partial charge >= 0.3 is 0 Å². The van der Waals surface area contributed by atoms with Gasteiger partial charge in [0.25, 0.3) is 5.91 Å². The summed E-state index contributed by atoms with van der Waals surface area (Å²) in [6.07, 6.45) is 1.47. The van der Waals surface area contributed by atoms with Crippen LogP contribution in [0, 0.1) is 12.3 Å². The first-order valence-corrected chi connectivity index (χ1v) is 13.1. The van der Waals surface area contributed by atoms with Crippen molar-refractivity contribution >= 4 is 29.1 Å². The molecule has 2 aliphatic rings. The summed E-state index contributed by atoms with van der Waals surface area (Å²) < 4.78 is 14.3. The summed E-state index contributed by atoms with van der Waals surface area (Å²) in [5, 5.41) is 16.0. The predicted molar refractivity (Wildman–Crippen MR) is 135 cm³/mol. The highest BCUT2D eigenvalue weighted by molar-refractivity contribution is 7.13. The van der Waals surface area contributed by atoms with Crippen LogP contribution in [0.5, 0.6) is 5.75 Å². The number of alkyl halides is 1. The molecule has 8 nitrogen and oxygen atoms in total. The molecular formula is C26H33FN4O4S. The molecule has 4 rings (SSSR count). The molecule has 2 heterocycles. The number of thiazole rings is 1. The number of nitrogens with zero attached hydrogens (tertiary/aromatic N) is 2. The van der Waals surface area contributed by atoms with Gasteiger partial charge in [-0.05, 0) is 49.7 Å². The fraction of sp³-hybridized carbons (Fsp3) is 0.538.